The molecule has 3 rings (SSSR count). The predicted molar refractivity (Wildman–Crippen MR) is 184 cm³/mol. The minimum atomic E-state index is -4.26. The van der Waals surface area contributed by atoms with Crippen molar-refractivity contribution in [3.63, 3.8) is 0 Å². The van der Waals surface area contributed by atoms with Gasteiger partial charge in [-0.1, -0.05) is 60.2 Å². The third-order valence-electron chi connectivity index (χ3n) is 6.87. The van der Waals surface area contributed by atoms with Crippen LogP contribution in [-0.2, 0) is 23.8 Å². The third-order valence-corrected chi connectivity index (χ3v) is 18.0. The molecule has 1 atom stereocenters. The van der Waals surface area contributed by atoms with E-state index >= 15 is 0 Å². The normalized spacial score (nSPS) is 14.0. The van der Waals surface area contributed by atoms with E-state index in [4.69, 9.17) is 12.7 Å². The Kier molecular flexibility index (Phi) is 10.7. The van der Waals surface area contributed by atoms with Gasteiger partial charge in [-0.05, 0) is 102 Å². The lowest BCUT2D eigenvalue weighted by atomic mass is 10.0. The fraction of sp³-hybridized carbons (Fsp3) is 0.394. The SMILES string of the molecule is Cc1cc(C)c(C(=O)P(=O)(C(=O)c2c(C)cc(CO[Si](C)(O[Si](C)(C)C)O[Si](C)(C)C)cc2C)c2ccccc2)c(C)c1. The van der Waals surface area contributed by atoms with Gasteiger partial charge in [-0.2, -0.15) is 0 Å². The molecule has 0 saturated carbocycles. The minimum absolute atomic E-state index is 0.240. The fourth-order valence-electron chi connectivity index (χ4n) is 5.68. The quantitative estimate of drug-likeness (QED) is 0.144. The van der Waals surface area contributed by atoms with Gasteiger partial charge in [0.05, 0.1) is 6.61 Å². The smallest absolute Gasteiger partial charge is 0.417 e. The van der Waals surface area contributed by atoms with Crippen LogP contribution in [0.25, 0.3) is 0 Å². The van der Waals surface area contributed by atoms with Gasteiger partial charge in [0.2, 0.25) is 18.2 Å². The molecule has 1 unspecified atom stereocenters. The fourth-order valence-corrected chi connectivity index (χ4v) is 18.6. The van der Waals surface area contributed by atoms with E-state index in [0.29, 0.717) is 33.4 Å². The first-order chi connectivity index (χ1) is 19.7. The Morgan fingerprint density at radius 1 is 0.651 bits per heavy atom. The number of carbonyl (C=O) groups excluding carboxylic acids is 2. The highest BCUT2D eigenvalue weighted by atomic mass is 31.2. The van der Waals surface area contributed by atoms with Crippen LogP contribution in [0, 0.1) is 34.6 Å². The molecule has 0 spiro atoms. The van der Waals surface area contributed by atoms with Crippen LogP contribution >= 0.6 is 7.14 Å². The summed E-state index contributed by atoms with van der Waals surface area (Å²) < 4.78 is 34.3. The van der Waals surface area contributed by atoms with Crippen LogP contribution < -0.4 is 5.30 Å². The Labute approximate surface area is 261 Å². The van der Waals surface area contributed by atoms with Crippen molar-refractivity contribution >= 4 is 48.9 Å². The van der Waals surface area contributed by atoms with Gasteiger partial charge in [0.25, 0.3) is 0 Å². The number of rotatable bonds is 12. The standard InChI is InChI=1S/C33H47O6PSi3/c1-23-18-24(2)30(25(3)19-23)32(34)40(36,29-16-14-13-15-17-29)33(35)31-26(4)20-28(21-27(31)5)22-37-43(12,38-41(6,7)8)39-42(9,10)11/h13-21H,22H2,1-12H3. The van der Waals surface area contributed by atoms with Gasteiger partial charge >= 0.3 is 8.80 Å². The van der Waals surface area contributed by atoms with E-state index in [1.807, 2.05) is 65.4 Å². The molecule has 0 amide bonds. The Morgan fingerprint density at radius 3 is 1.44 bits per heavy atom. The van der Waals surface area contributed by atoms with Gasteiger partial charge < -0.3 is 17.2 Å². The molecule has 6 nitrogen and oxygen atoms in total. The summed E-state index contributed by atoms with van der Waals surface area (Å²) in [6.45, 7) is 24.2. The van der Waals surface area contributed by atoms with Crippen molar-refractivity contribution < 1.29 is 26.8 Å². The number of hydrogen-bond donors (Lipinski definition) is 0. The van der Waals surface area contributed by atoms with E-state index in [1.165, 1.54) is 0 Å². The molecule has 3 aromatic carbocycles. The zero-order valence-electron chi connectivity index (χ0n) is 27.8. The lowest BCUT2D eigenvalue weighted by Crippen LogP contribution is -2.54. The monoisotopic (exact) mass is 654 g/mol. The zero-order valence-corrected chi connectivity index (χ0v) is 31.7. The minimum Gasteiger partial charge on any atom is -0.417 e. The van der Waals surface area contributed by atoms with Gasteiger partial charge in [0, 0.05) is 23.0 Å². The number of benzene rings is 3. The average molecular weight is 655 g/mol. The molecule has 0 aromatic heterocycles. The Bertz CT molecular complexity index is 1510. The summed E-state index contributed by atoms with van der Waals surface area (Å²) in [5, 5.41) is 0.240. The molecule has 0 aliphatic carbocycles. The first kappa shape index (κ1) is 35.2. The summed E-state index contributed by atoms with van der Waals surface area (Å²) in [7, 11) is -11.1. The summed E-state index contributed by atoms with van der Waals surface area (Å²) in [6, 6.07) is 16.0. The van der Waals surface area contributed by atoms with E-state index < -0.39 is 43.6 Å². The second-order valence-corrected chi connectivity index (χ2v) is 28.2. The topological polar surface area (TPSA) is 78.9 Å². The number of hydrogen-bond acceptors (Lipinski definition) is 6. The third kappa shape index (κ3) is 8.48. The van der Waals surface area contributed by atoms with Gasteiger partial charge in [-0.25, -0.2) is 0 Å². The van der Waals surface area contributed by atoms with Crippen molar-refractivity contribution in [1.82, 2.24) is 0 Å². The van der Waals surface area contributed by atoms with Crippen LogP contribution in [0.3, 0.4) is 0 Å². The van der Waals surface area contributed by atoms with Gasteiger partial charge in [0.15, 0.2) is 16.6 Å². The summed E-state index contributed by atoms with van der Waals surface area (Å²) in [5.74, 6) is 0. The molecule has 0 bridgehead atoms. The van der Waals surface area contributed by atoms with E-state index in [2.05, 4.69) is 39.3 Å². The summed E-state index contributed by atoms with van der Waals surface area (Å²) >= 11 is 0. The van der Waals surface area contributed by atoms with Crippen molar-refractivity contribution in [3.8, 4) is 0 Å². The summed E-state index contributed by atoms with van der Waals surface area (Å²) in [6.07, 6.45) is 0. The van der Waals surface area contributed by atoms with E-state index in [0.717, 1.165) is 11.1 Å². The Hall–Kier alpha value is -2.24. The van der Waals surface area contributed by atoms with Crippen molar-refractivity contribution in [3.05, 3.63) is 99.1 Å². The average Bonchev–Trinajstić information content (AvgIpc) is 2.84. The molecule has 0 N–H and O–H groups in total. The van der Waals surface area contributed by atoms with Crippen LogP contribution in [0.4, 0.5) is 0 Å². The van der Waals surface area contributed by atoms with Crippen LogP contribution in [0.5, 0.6) is 0 Å². The maximum Gasteiger partial charge on any atom is 0.477 e. The lowest BCUT2D eigenvalue weighted by molar-refractivity contribution is 0.103. The number of carbonyl (C=O) groups is 2. The summed E-state index contributed by atoms with van der Waals surface area (Å²) in [5.41, 5.74) is 3.95. The molecular weight excluding hydrogens is 608 g/mol. The van der Waals surface area contributed by atoms with Crippen molar-refractivity contribution in [2.45, 2.75) is 87.1 Å². The molecule has 0 radical (unpaired) electrons. The van der Waals surface area contributed by atoms with Crippen molar-refractivity contribution in [1.29, 1.82) is 0 Å². The molecule has 43 heavy (non-hydrogen) atoms. The van der Waals surface area contributed by atoms with Crippen LogP contribution in [-0.4, -0.2) is 36.5 Å². The molecule has 0 aliphatic heterocycles. The second kappa shape index (κ2) is 13.0. The van der Waals surface area contributed by atoms with Gasteiger partial charge in [-0.3, -0.25) is 9.59 Å². The maximum absolute atomic E-state index is 15.0. The van der Waals surface area contributed by atoms with E-state index in [-0.39, 0.29) is 11.9 Å². The van der Waals surface area contributed by atoms with Gasteiger partial charge in [0.1, 0.15) is 0 Å². The summed E-state index contributed by atoms with van der Waals surface area (Å²) in [4.78, 5) is 28.7. The molecule has 232 valence electrons. The molecule has 0 saturated heterocycles. The highest BCUT2D eigenvalue weighted by Gasteiger charge is 2.45. The van der Waals surface area contributed by atoms with Crippen LogP contribution in [0.2, 0.25) is 45.8 Å². The van der Waals surface area contributed by atoms with Crippen LogP contribution in [0.1, 0.15) is 54.1 Å². The van der Waals surface area contributed by atoms with Crippen molar-refractivity contribution in [2.75, 3.05) is 0 Å². The second-order valence-electron chi connectivity index (χ2n) is 13.5. The molecule has 0 fully saturated rings. The lowest BCUT2D eigenvalue weighted by Gasteiger charge is -2.37. The van der Waals surface area contributed by atoms with Gasteiger partial charge in [-0.15, -0.1) is 0 Å². The van der Waals surface area contributed by atoms with E-state index in [1.54, 1.807) is 30.3 Å². The predicted octanol–water partition coefficient (Wildman–Crippen LogP) is 8.69. The molecule has 0 heterocycles. The first-order valence-corrected chi connectivity index (χ1v) is 25.4. The van der Waals surface area contributed by atoms with Crippen LogP contribution in [0.15, 0.2) is 54.6 Å². The molecule has 10 heteroatoms. The molecular formula is C33H47O6PSi3. The first-order valence-electron chi connectivity index (χ1n) is 14.6. The zero-order chi connectivity index (χ0) is 32.5. The maximum atomic E-state index is 15.0. The van der Waals surface area contributed by atoms with E-state index in [9.17, 15) is 14.2 Å². The number of aryl methyl sites for hydroxylation is 5. The largest absolute Gasteiger partial charge is 0.477 e. The highest BCUT2D eigenvalue weighted by molar-refractivity contribution is 8.01. The molecule has 0 aliphatic rings. The Morgan fingerprint density at radius 2 is 1.05 bits per heavy atom. The Balaban J connectivity index is 2.06. The highest BCUT2D eigenvalue weighted by Crippen LogP contribution is 2.52. The molecule has 3 aromatic rings. The van der Waals surface area contributed by atoms with Crippen molar-refractivity contribution in [2.24, 2.45) is 0 Å².